The van der Waals surface area contributed by atoms with E-state index in [9.17, 15) is 9.18 Å². The molecule has 7 heteroatoms. The lowest BCUT2D eigenvalue weighted by Gasteiger charge is -2.19. The van der Waals surface area contributed by atoms with Crippen molar-refractivity contribution in [1.82, 2.24) is 15.1 Å². The summed E-state index contributed by atoms with van der Waals surface area (Å²) in [5.41, 5.74) is 0.632. The molecular weight excluding hydrogens is 365 g/mol. The first-order valence-corrected chi connectivity index (χ1v) is 7.99. The molecule has 0 atom stereocenters. The quantitative estimate of drug-likeness (QED) is 0.868. The van der Waals surface area contributed by atoms with E-state index in [1.54, 1.807) is 56.0 Å². The van der Waals surface area contributed by atoms with Crippen LogP contribution in [0, 0.1) is 5.82 Å². The molecule has 0 spiro atoms. The Balaban J connectivity index is 1.93. The van der Waals surface area contributed by atoms with E-state index in [2.05, 4.69) is 26.3 Å². The summed E-state index contributed by atoms with van der Waals surface area (Å²) in [6.45, 7) is 6.25. The Morgan fingerprint density at radius 3 is 2.87 bits per heavy atom. The van der Waals surface area contributed by atoms with Crippen molar-refractivity contribution in [2.24, 2.45) is 0 Å². The van der Waals surface area contributed by atoms with Gasteiger partial charge < -0.3 is 10.1 Å². The van der Waals surface area contributed by atoms with Gasteiger partial charge in [-0.15, -0.1) is 0 Å². The summed E-state index contributed by atoms with van der Waals surface area (Å²) in [5, 5.41) is 6.83. The average molecular weight is 384 g/mol. The lowest BCUT2D eigenvalue weighted by atomic mass is 10.1. The van der Waals surface area contributed by atoms with E-state index < -0.39 is 11.7 Å². The normalized spacial score (nSPS) is 11.3. The molecule has 0 bridgehead atoms. The monoisotopic (exact) mass is 383 g/mol. The average Bonchev–Trinajstić information content (AvgIpc) is 2.88. The molecule has 0 aliphatic rings. The molecule has 1 aromatic carbocycles. The first kappa shape index (κ1) is 17.5. The van der Waals surface area contributed by atoms with E-state index in [4.69, 9.17) is 4.74 Å². The maximum atomic E-state index is 14.1. The highest BCUT2D eigenvalue weighted by atomic mass is 79.9. The zero-order valence-electron chi connectivity index (χ0n) is 13.3. The van der Waals surface area contributed by atoms with Crippen LogP contribution in [0.3, 0.4) is 0 Å². The standard InChI is InChI=1S/C16H19BrFN3O2/c1-16(2,3)23-15(22)19-7-8-21-10-11(9-20-21)12-5-4-6-13(17)14(12)18/h4-6,9-10H,7-8H2,1-3H3,(H,19,22). The number of amides is 1. The lowest BCUT2D eigenvalue weighted by molar-refractivity contribution is 0.0525. The van der Waals surface area contributed by atoms with Crippen molar-refractivity contribution < 1.29 is 13.9 Å². The van der Waals surface area contributed by atoms with Crippen molar-refractivity contribution in [3.8, 4) is 11.1 Å². The van der Waals surface area contributed by atoms with Crippen LogP contribution in [-0.2, 0) is 11.3 Å². The Morgan fingerprint density at radius 2 is 2.17 bits per heavy atom. The number of ether oxygens (including phenoxy) is 1. The smallest absolute Gasteiger partial charge is 0.407 e. The van der Waals surface area contributed by atoms with Gasteiger partial charge in [0.15, 0.2) is 0 Å². The molecule has 1 amide bonds. The van der Waals surface area contributed by atoms with Gasteiger partial charge in [0.1, 0.15) is 11.4 Å². The third-order valence-electron chi connectivity index (χ3n) is 2.90. The highest BCUT2D eigenvalue weighted by molar-refractivity contribution is 9.10. The van der Waals surface area contributed by atoms with Crippen LogP contribution in [0.4, 0.5) is 9.18 Å². The van der Waals surface area contributed by atoms with Crippen molar-refractivity contribution in [1.29, 1.82) is 0 Å². The molecule has 1 N–H and O–H groups in total. The van der Waals surface area contributed by atoms with Gasteiger partial charge in [0, 0.05) is 23.9 Å². The topological polar surface area (TPSA) is 56.1 Å². The fourth-order valence-electron chi connectivity index (χ4n) is 1.94. The summed E-state index contributed by atoms with van der Waals surface area (Å²) in [4.78, 5) is 11.5. The van der Waals surface area contributed by atoms with E-state index in [1.807, 2.05) is 0 Å². The molecule has 0 aliphatic heterocycles. The molecule has 0 saturated carbocycles. The highest BCUT2D eigenvalue weighted by Gasteiger charge is 2.15. The minimum absolute atomic E-state index is 0.320. The van der Waals surface area contributed by atoms with E-state index in [0.29, 0.717) is 28.7 Å². The number of hydrogen-bond acceptors (Lipinski definition) is 3. The van der Waals surface area contributed by atoms with Crippen LogP contribution in [-0.4, -0.2) is 28.0 Å². The molecule has 23 heavy (non-hydrogen) atoms. The maximum absolute atomic E-state index is 14.1. The number of nitrogens with zero attached hydrogens (tertiary/aromatic N) is 2. The number of aromatic nitrogens is 2. The van der Waals surface area contributed by atoms with Crippen LogP contribution >= 0.6 is 15.9 Å². The van der Waals surface area contributed by atoms with Gasteiger partial charge in [0.05, 0.1) is 17.2 Å². The Hall–Kier alpha value is -1.89. The molecule has 124 valence electrons. The number of alkyl carbamates (subject to hydrolysis) is 1. The van der Waals surface area contributed by atoms with E-state index in [1.165, 1.54) is 0 Å². The Morgan fingerprint density at radius 1 is 1.43 bits per heavy atom. The lowest BCUT2D eigenvalue weighted by Crippen LogP contribution is -2.34. The van der Waals surface area contributed by atoms with Gasteiger partial charge in [0.25, 0.3) is 0 Å². The summed E-state index contributed by atoms with van der Waals surface area (Å²) < 4.78 is 21.3. The van der Waals surface area contributed by atoms with Gasteiger partial charge in [-0.3, -0.25) is 4.68 Å². The van der Waals surface area contributed by atoms with Crippen LogP contribution in [0.1, 0.15) is 20.8 Å². The van der Waals surface area contributed by atoms with E-state index >= 15 is 0 Å². The van der Waals surface area contributed by atoms with Crippen LogP contribution in [0.2, 0.25) is 0 Å². The van der Waals surface area contributed by atoms with E-state index in [-0.39, 0.29) is 5.82 Å². The van der Waals surface area contributed by atoms with Crippen molar-refractivity contribution in [3.05, 3.63) is 40.9 Å². The van der Waals surface area contributed by atoms with Crippen molar-refractivity contribution in [2.75, 3.05) is 6.54 Å². The molecule has 1 aromatic heterocycles. The molecule has 0 fully saturated rings. The summed E-state index contributed by atoms with van der Waals surface area (Å²) in [7, 11) is 0. The molecule has 1 heterocycles. The van der Waals surface area contributed by atoms with Crippen LogP contribution in [0.25, 0.3) is 11.1 Å². The predicted molar refractivity (Wildman–Crippen MR) is 89.6 cm³/mol. The minimum atomic E-state index is -0.527. The second-order valence-electron chi connectivity index (χ2n) is 6.02. The minimum Gasteiger partial charge on any atom is -0.444 e. The molecule has 2 rings (SSSR count). The Kier molecular flexibility index (Phi) is 5.41. The zero-order chi connectivity index (χ0) is 17.0. The molecular formula is C16H19BrFN3O2. The van der Waals surface area contributed by atoms with Gasteiger partial charge in [-0.1, -0.05) is 12.1 Å². The third-order valence-corrected chi connectivity index (χ3v) is 3.52. The number of halogens is 2. The number of benzene rings is 1. The van der Waals surface area contributed by atoms with Gasteiger partial charge in [-0.05, 0) is 42.8 Å². The maximum Gasteiger partial charge on any atom is 0.407 e. The van der Waals surface area contributed by atoms with Gasteiger partial charge in [-0.25, -0.2) is 9.18 Å². The number of carbonyl (C=O) groups excluding carboxylic acids is 1. The Bertz CT molecular complexity index is 695. The molecule has 0 radical (unpaired) electrons. The SMILES string of the molecule is CC(C)(C)OC(=O)NCCn1cc(-c2cccc(Br)c2F)cn1. The first-order chi connectivity index (χ1) is 10.8. The summed E-state index contributed by atoms with van der Waals surface area (Å²) in [6, 6.07) is 5.11. The number of rotatable bonds is 4. The second-order valence-corrected chi connectivity index (χ2v) is 6.88. The number of carbonyl (C=O) groups is 1. The van der Waals surface area contributed by atoms with Crippen molar-refractivity contribution >= 4 is 22.0 Å². The van der Waals surface area contributed by atoms with Gasteiger partial charge in [-0.2, -0.15) is 5.10 Å². The van der Waals surface area contributed by atoms with Crippen LogP contribution in [0.15, 0.2) is 35.1 Å². The summed E-state index contributed by atoms with van der Waals surface area (Å²) >= 11 is 3.17. The van der Waals surface area contributed by atoms with E-state index in [0.717, 1.165) is 0 Å². The zero-order valence-corrected chi connectivity index (χ0v) is 14.9. The molecule has 0 saturated heterocycles. The first-order valence-electron chi connectivity index (χ1n) is 7.20. The third kappa shape index (κ3) is 5.06. The second kappa shape index (κ2) is 7.12. The summed E-state index contributed by atoms with van der Waals surface area (Å²) in [5.74, 6) is -0.320. The number of nitrogens with one attached hydrogen (secondary N) is 1. The molecule has 0 unspecified atom stereocenters. The number of hydrogen-bond donors (Lipinski definition) is 1. The van der Waals surface area contributed by atoms with Crippen LogP contribution in [0.5, 0.6) is 0 Å². The van der Waals surface area contributed by atoms with Crippen molar-refractivity contribution in [3.63, 3.8) is 0 Å². The van der Waals surface area contributed by atoms with Crippen molar-refractivity contribution in [2.45, 2.75) is 32.9 Å². The Labute approximate surface area is 143 Å². The molecule has 5 nitrogen and oxygen atoms in total. The van der Waals surface area contributed by atoms with Crippen LogP contribution < -0.4 is 5.32 Å². The largest absolute Gasteiger partial charge is 0.444 e. The molecule has 2 aromatic rings. The van der Waals surface area contributed by atoms with Gasteiger partial charge >= 0.3 is 6.09 Å². The molecule has 0 aliphatic carbocycles. The summed E-state index contributed by atoms with van der Waals surface area (Å²) in [6.07, 6.45) is 2.86. The fourth-order valence-corrected chi connectivity index (χ4v) is 2.30. The van der Waals surface area contributed by atoms with Gasteiger partial charge in [0.2, 0.25) is 0 Å². The predicted octanol–water partition coefficient (Wildman–Crippen LogP) is 3.98. The fraction of sp³-hybridized carbons (Fsp3) is 0.375. The highest BCUT2D eigenvalue weighted by Crippen LogP contribution is 2.27.